The number of nitrogens with one attached hydrogen (secondary N) is 1. The number of anilines is 1. The smallest absolute Gasteiger partial charge is 0.248 e. The van der Waals surface area contributed by atoms with Crippen molar-refractivity contribution in [2.24, 2.45) is 5.92 Å². The van der Waals surface area contributed by atoms with Crippen molar-refractivity contribution in [2.45, 2.75) is 27.3 Å². The van der Waals surface area contributed by atoms with Crippen LogP contribution in [0.5, 0.6) is 0 Å². The van der Waals surface area contributed by atoms with Gasteiger partial charge in [0.1, 0.15) is 11.0 Å². The standard InChI is InChI=1S/C17H19ClFN3O/c1-11(2)10-22-17(18)15(12(3)21-22)8-9-16(23)20-14-6-4-13(19)5-7-14/h4-9,11H,10H2,1-3H3,(H,20,23)/b9-8+. The number of rotatable bonds is 5. The monoisotopic (exact) mass is 335 g/mol. The van der Waals surface area contributed by atoms with Gasteiger partial charge in [-0.3, -0.25) is 9.48 Å². The summed E-state index contributed by atoms with van der Waals surface area (Å²) < 4.78 is 14.6. The first-order valence-corrected chi connectivity index (χ1v) is 7.72. The van der Waals surface area contributed by atoms with Crippen molar-refractivity contribution in [2.75, 3.05) is 5.32 Å². The molecule has 0 aliphatic heterocycles. The van der Waals surface area contributed by atoms with Crippen LogP contribution in [0.2, 0.25) is 5.15 Å². The maximum absolute atomic E-state index is 12.8. The molecule has 1 amide bonds. The Morgan fingerprint density at radius 2 is 2.04 bits per heavy atom. The van der Waals surface area contributed by atoms with Crippen LogP contribution in [0.4, 0.5) is 10.1 Å². The number of carbonyl (C=O) groups excluding carboxylic acids is 1. The predicted octanol–water partition coefficient (Wildman–Crippen LogP) is 4.29. The number of hydrogen-bond acceptors (Lipinski definition) is 2. The summed E-state index contributed by atoms with van der Waals surface area (Å²) in [5.41, 5.74) is 2.02. The van der Waals surface area contributed by atoms with Crippen molar-refractivity contribution in [1.82, 2.24) is 9.78 Å². The van der Waals surface area contributed by atoms with Crippen LogP contribution in [0.25, 0.3) is 6.08 Å². The second kappa shape index (κ2) is 7.42. The normalized spacial score (nSPS) is 11.4. The fourth-order valence-electron chi connectivity index (χ4n) is 2.10. The molecule has 0 fully saturated rings. The zero-order chi connectivity index (χ0) is 17.0. The first-order chi connectivity index (χ1) is 10.9. The second-order valence-electron chi connectivity index (χ2n) is 5.70. The summed E-state index contributed by atoms with van der Waals surface area (Å²) in [4.78, 5) is 11.9. The molecule has 0 radical (unpaired) electrons. The van der Waals surface area contributed by atoms with Crippen LogP contribution in [0.1, 0.15) is 25.1 Å². The number of benzene rings is 1. The van der Waals surface area contributed by atoms with Gasteiger partial charge in [-0.1, -0.05) is 25.4 Å². The topological polar surface area (TPSA) is 46.9 Å². The molecular formula is C17H19ClFN3O. The lowest BCUT2D eigenvalue weighted by atomic mass is 10.2. The molecule has 0 aliphatic rings. The van der Waals surface area contributed by atoms with Gasteiger partial charge in [0.15, 0.2) is 0 Å². The van der Waals surface area contributed by atoms with E-state index in [0.717, 1.165) is 17.8 Å². The zero-order valence-electron chi connectivity index (χ0n) is 13.3. The Balaban J connectivity index is 2.08. The number of halogens is 2. The Kier molecular flexibility index (Phi) is 5.55. The number of nitrogens with zero attached hydrogens (tertiary/aromatic N) is 2. The molecule has 1 aromatic carbocycles. The molecule has 1 aromatic heterocycles. The van der Waals surface area contributed by atoms with E-state index in [1.54, 1.807) is 10.8 Å². The highest BCUT2D eigenvalue weighted by Gasteiger charge is 2.12. The molecule has 0 spiro atoms. The molecule has 6 heteroatoms. The average molecular weight is 336 g/mol. The van der Waals surface area contributed by atoms with E-state index in [2.05, 4.69) is 24.3 Å². The molecule has 4 nitrogen and oxygen atoms in total. The van der Waals surface area contributed by atoms with E-state index in [-0.39, 0.29) is 11.7 Å². The quantitative estimate of drug-likeness (QED) is 0.828. The average Bonchev–Trinajstić information content (AvgIpc) is 2.73. The molecule has 23 heavy (non-hydrogen) atoms. The van der Waals surface area contributed by atoms with Crippen LogP contribution in [-0.2, 0) is 11.3 Å². The molecule has 0 saturated carbocycles. The second-order valence-corrected chi connectivity index (χ2v) is 6.05. The molecular weight excluding hydrogens is 317 g/mol. The van der Waals surface area contributed by atoms with E-state index in [1.165, 1.54) is 30.3 Å². The zero-order valence-corrected chi connectivity index (χ0v) is 14.1. The summed E-state index contributed by atoms with van der Waals surface area (Å²) >= 11 is 6.31. The van der Waals surface area contributed by atoms with Gasteiger partial charge < -0.3 is 5.32 Å². The summed E-state index contributed by atoms with van der Waals surface area (Å²) in [6.07, 6.45) is 3.03. The lowest BCUT2D eigenvalue weighted by molar-refractivity contribution is -0.111. The van der Waals surface area contributed by atoms with Crippen LogP contribution in [0.15, 0.2) is 30.3 Å². The fraction of sp³-hybridized carbons (Fsp3) is 0.294. The van der Waals surface area contributed by atoms with Crippen molar-refractivity contribution in [1.29, 1.82) is 0 Å². The Morgan fingerprint density at radius 1 is 1.39 bits per heavy atom. The number of carbonyl (C=O) groups is 1. The molecule has 0 aliphatic carbocycles. The van der Waals surface area contributed by atoms with Crippen molar-refractivity contribution in [3.05, 3.63) is 52.6 Å². The lowest BCUT2D eigenvalue weighted by Crippen LogP contribution is -2.07. The fourth-order valence-corrected chi connectivity index (χ4v) is 2.41. The Labute approximate surface area is 140 Å². The van der Waals surface area contributed by atoms with Crippen LogP contribution in [0.3, 0.4) is 0 Å². The van der Waals surface area contributed by atoms with E-state index >= 15 is 0 Å². The summed E-state index contributed by atoms with van der Waals surface area (Å²) in [5, 5.41) is 7.55. The third kappa shape index (κ3) is 4.66. The van der Waals surface area contributed by atoms with Crippen molar-refractivity contribution in [3.63, 3.8) is 0 Å². The molecule has 0 atom stereocenters. The van der Waals surface area contributed by atoms with Crippen molar-refractivity contribution >= 4 is 29.3 Å². The summed E-state index contributed by atoms with van der Waals surface area (Å²) in [5.74, 6) is -0.243. The third-order valence-electron chi connectivity index (χ3n) is 3.16. The summed E-state index contributed by atoms with van der Waals surface area (Å²) in [6.45, 7) is 6.73. The molecule has 0 unspecified atom stereocenters. The van der Waals surface area contributed by atoms with Gasteiger partial charge in [-0.25, -0.2) is 4.39 Å². The Hall–Kier alpha value is -2.14. The van der Waals surface area contributed by atoms with Gasteiger partial charge in [0.25, 0.3) is 0 Å². The molecule has 2 rings (SSSR count). The van der Waals surface area contributed by atoms with Crippen LogP contribution < -0.4 is 5.32 Å². The maximum atomic E-state index is 12.8. The van der Waals surface area contributed by atoms with E-state index < -0.39 is 0 Å². The first-order valence-electron chi connectivity index (χ1n) is 7.34. The lowest BCUT2D eigenvalue weighted by Gasteiger charge is -2.05. The number of aromatic nitrogens is 2. The number of aryl methyl sites for hydroxylation is 1. The van der Waals surface area contributed by atoms with Gasteiger partial charge in [0, 0.05) is 23.9 Å². The van der Waals surface area contributed by atoms with E-state index in [4.69, 9.17) is 11.6 Å². The minimum absolute atomic E-state index is 0.316. The van der Waals surface area contributed by atoms with Gasteiger partial charge >= 0.3 is 0 Å². The highest BCUT2D eigenvalue weighted by Crippen LogP contribution is 2.22. The number of hydrogen-bond donors (Lipinski definition) is 1. The SMILES string of the molecule is Cc1nn(CC(C)C)c(Cl)c1/C=C/C(=O)Nc1ccc(F)cc1. The highest BCUT2D eigenvalue weighted by atomic mass is 35.5. The van der Waals surface area contributed by atoms with Gasteiger partial charge in [-0.15, -0.1) is 0 Å². The molecule has 122 valence electrons. The molecule has 2 aromatic rings. The molecule has 0 bridgehead atoms. The highest BCUT2D eigenvalue weighted by molar-refractivity contribution is 6.31. The molecule has 1 N–H and O–H groups in total. The molecule has 0 saturated heterocycles. The van der Waals surface area contributed by atoms with Gasteiger partial charge in [-0.05, 0) is 43.2 Å². The Morgan fingerprint density at radius 3 is 2.65 bits per heavy atom. The Bertz CT molecular complexity index is 720. The summed E-state index contributed by atoms with van der Waals surface area (Å²) in [6, 6.07) is 5.58. The van der Waals surface area contributed by atoms with Crippen molar-refractivity contribution in [3.8, 4) is 0 Å². The number of amides is 1. The third-order valence-corrected chi connectivity index (χ3v) is 3.56. The predicted molar refractivity (Wildman–Crippen MR) is 90.9 cm³/mol. The van der Waals surface area contributed by atoms with Crippen molar-refractivity contribution < 1.29 is 9.18 Å². The van der Waals surface area contributed by atoms with Crippen LogP contribution >= 0.6 is 11.6 Å². The van der Waals surface area contributed by atoms with Crippen LogP contribution in [0, 0.1) is 18.7 Å². The first kappa shape index (κ1) is 17.2. The van der Waals surface area contributed by atoms with E-state index in [9.17, 15) is 9.18 Å². The van der Waals surface area contributed by atoms with Gasteiger partial charge in [-0.2, -0.15) is 5.10 Å². The van der Waals surface area contributed by atoms with Crippen LogP contribution in [-0.4, -0.2) is 15.7 Å². The summed E-state index contributed by atoms with van der Waals surface area (Å²) in [7, 11) is 0. The maximum Gasteiger partial charge on any atom is 0.248 e. The van der Waals surface area contributed by atoms with Gasteiger partial charge in [0.05, 0.1) is 5.69 Å². The van der Waals surface area contributed by atoms with Gasteiger partial charge in [0.2, 0.25) is 5.91 Å². The minimum Gasteiger partial charge on any atom is -0.323 e. The van der Waals surface area contributed by atoms with E-state index in [0.29, 0.717) is 16.8 Å². The van der Waals surface area contributed by atoms with E-state index in [1.807, 2.05) is 6.92 Å². The minimum atomic E-state index is -0.349. The molecule has 1 heterocycles. The largest absolute Gasteiger partial charge is 0.323 e.